The molecule has 1 saturated heterocycles. The zero-order chi connectivity index (χ0) is 25.2. The summed E-state index contributed by atoms with van der Waals surface area (Å²) in [4.78, 5) is 20.9. The molecule has 3 aromatic carbocycles. The smallest absolute Gasteiger partial charge is 0.254 e. The van der Waals surface area contributed by atoms with E-state index in [1.54, 1.807) is 0 Å². The minimum absolute atomic E-state index is 0.0840. The van der Waals surface area contributed by atoms with Crippen molar-refractivity contribution < 1.29 is 9.00 Å². The predicted molar refractivity (Wildman–Crippen MR) is 151 cm³/mol. The standard InChI is InChI=1S/C28H31ClN4O2S/c1-19-21(6-3-8-24(19)31-36(35)17-5-12-29)22-7-4-9-25-27(22)23-11-10-20(18-26(23)30-25)28(34)33-15-13-32(2)14-16-33/h3-4,6-11,18,30-31H,5,12-17H2,1-2H3. The van der Waals surface area contributed by atoms with Crippen LogP contribution in [0, 0.1) is 6.92 Å². The number of fused-ring (bicyclic) bond motifs is 3. The van der Waals surface area contributed by atoms with E-state index in [4.69, 9.17) is 11.6 Å². The van der Waals surface area contributed by atoms with E-state index >= 15 is 0 Å². The van der Waals surface area contributed by atoms with Crippen LogP contribution in [0.3, 0.4) is 0 Å². The summed E-state index contributed by atoms with van der Waals surface area (Å²) in [6, 6.07) is 18.3. The van der Waals surface area contributed by atoms with Crippen LogP contribution in [0.15, 0.2) is 54.6 Å². The molecule has 2 heterocycles. The van der Waals surface area contributed by atoms with Crippen LogP contribution < -0.4 is 4.72 Å². The Balaban J connectivity index is 1.51. The molecule has 1 amide bonds. The fraction of sp³-hybridized carbons (Fsp3) is 0.321. The second-order valence-corrected chi connectivity index (χ2v) is 11.1. The van der Waals surface area contributed by atoms with Crippen LogP contribution in [0.25, 0.3) is 32.9 Å². The molecule has 6 nitrogen and oxygen atoms in total. The maximum absolute atomic E-state index is 13.1. The molecule has 5 rings (SSSR count). The Morgan fingerprint density at radius 2 is 1.78 bits per heavy atom. The molecule has 1 aliphatic rings. The molecule has 1 unspecified atom stereocenters. The molecule has 1 atom stereocenters. The lowest BCUT2D eigenvalue weighted by molar-refractivity contribution is 0.0664. The van der Waals surface area contributed by atoms with Crippen molar-refractivity contribution in [3.8, 4) is 11.1 Å². The molecule has 0 aliphatic carbocycles. The highest BCUT2D eigenvalue weighted by atomic mass is 35.5. The number of amides is 1. The van der Waals surface area contributed by atoms with Crippen LogP contribution in [0.4, 0.5) is 5.69 Å². The summed E-state index contributed by atoms with van der Waals surface area (Å²) in [5.41, 5.74) is 6.77. The summed E-state index contributed by atoms with van der Waals surface area (Å²) in [6.07, 6.45) is 0.702. The number of aromatic nitrogens is 1. The number of hydrogen-bond donors (Lipinski definition) is 2. The summed E-state index contributed by atoms with van der Waals surface area (Å²) >= 11 is 5.76. The lowest BCUT2D eigenvalue weighted by Gasteiger charge is -2.32. The van der Waals surface area contributed by atoms with Crippen molar-refractivity contribution in [3.63, 3.8) is 0 Å². The van der Waals surface area contributed by atoms with Gasteiger partial charge in [0.25, 0.3) is 5.91 Å². The van der Waals surface area contributed by atoms with E-state index in [0.717, 1.165) is 70.4 Å². The number of likely N-dealkylation sites (N-methyl/N-ethyl adjacent to an activating group) is 1. The van der Waals surface area contributed by atoms with Crippen molar-refractivity contribution in [2.45, 2.75) is 13.3 Å². The number of aromatic amines is 1. The molecule has 1 fully saturated rings. The molecule has 0 radical (unpaired) electrons. The number of anilines is 1. The zero-order valence-electron chi connectivity index (χ0n) is 20.6. The lowest BCUT2D eigenvalue weighted by atomic mass is 9.95. The molecule has 36 heavy (non-hydrogen) atoms. The Morgan fingerprint density at radius 3 is 2.56 bits per heavy atom. The van der Waals surface area contributed by atoms with Gasteiger partial charge >= 0.3 is 0 Å². The first-order valence-electron chi connectivity index (χ1n) is 12.3. The topological polar surface area (TPSA) is 68.4 Å². The van der Waals surface area contributed by atoms with E-state index in [9.17, 15) is 9.00 Å². The molecule has 0 bridgehead atoms. The zero-order valence-corrected chi connectivity index (χ0v) is 22.2. The van der Waals surface area contributed by atoms with Gasteiger partial charge in [-0.1, -0.05) is 30.3 Å². The van der Waals surface area contributed by atoms with Gasteiger partial charge in [0.2, 0.25) is 0 Å². The fourth-order valence-electron chi connectivity index (χ4n) is 4.90. The van der Waals surface area contributed by atoms with Crippen LogP contribution in [-0.2, 0) is 11.0 Å². The Kier molecular flexibility index (Phi) is 7.32. The second kappa shape index (κ2) is 10.6. The van der Waals surface area contributed by atoms with Gasteiger partial charge < -0.3 is 19.5 Å². The van der Waals surface area contributed by atoms with Crippen LogP contribution in [-0.4, -0.2) is 69.8 Å². The highest BCUT2D eigenvalue weighted by molar-refractivity contribution is 7.86. The van der Waals surface area contributed by atoms with E-state index in [2.05, 4.69) is 52.8 Å². The first-order valence-corrected chi connectivity index (χ1v) is 14.1. The second-order valence-electron chi connectivity index (χ2n) is 9.38. The molecule has 4 aromatic rings. The SMILES string of the molecule is Cc1c(NS(=O)CCCCl)cccc1-c1cccc2[nH]c3cc(C(=O)N4CCN(C)CC4)ccc3c12. The highest BCUT2D eigenvalue weighted by Crippen LogP contribution is 2.38. The maximum Gasteiger partial charge on any atom is 0.254 e. The van der Waals surface area contributed by atoms with Gasteiger partial charge in [0.1, 0.15) is 11.0 Å². The first-order chi connectivity index (χ1) is 17.5. The lowest BCUT2D eigenvalue weighted by Crippen LogP contribution is -2.47. The normalized spacial score (nSPS) is 15.5. The minimum Gasteiger partial charge on any atom is -0.354 e. The van der Waals surface area contributed by atoms with Crippen LogP contribution in [0.1, 0.15) is 22.3 Å². The average molecular weight is 523 g/mol. The summed E-state index contributed by atoms with van der Waals surface area (Å²) in [5.74, 6) is 1.10. The number of H-pyrrole nitrogens is 1. The Hall–Kier alpha value is -2.87. The molecule has 188 valence electrons. The quantitative estimate of drug-likeness (QED) is 0.320. The number of piperazine rings is 1. The van der Waals surface area contributed by atoms with Crippen molar-refractivity contribution >= 4 is 56.0 Å². The Bertz CT molecular complexity index is 1440. The van der Waals surface area contributed by atoms with E-state index in [1.165, 1.54) is 0 Å². The van der Waals surface area contributed by atoms with Crippen molar-refractivity contribution in [2.75, 3.05) is 49.6 Å². The molecule has 0 spiro atoms. The van der Waals surface area contributed by atoms with Crippen LogP contribution in [0.2, 0.25) is 0 Å². The summed E-state index contributed by atoms with van der Waals surface area (Å²) < 4.78 is 15.6. The van der Waals surface area contributed by atoms with Gasteiger partial charge in [0, 0.05) is 70.9 Å². The van der Waals surface area contributed by atoms with Gasteiger partial charge in [-0.05, 0) is 61.3 Å². The van der Waals surface area contributed by atoms with Crippen LogP contribution >= 0.6 is 11.6 Å². The monoisotopic (exact) mass is 522 g/mol. The van der Waals surface area contributed by atoms with Crippen molar-refractivity contribution in [1.82, 2.24) is 14.8 Å². The van der Waals surface area contributed by atoms with Gasteiger partial charge in [0.05, 0.1) is 0 Å². The van der Waals surface area contributed by atoms with E-state index in [-0.39, 0.29) is 5.91 Å². The number of carbonyl (C=O) groups is 1. The molecular formula is C28H31ClN4O2S. The Labute approximate surface area is 219 Å². The van der Waals surface area contributed by atoms with Crippen molar-refractivity contribution in [1.29, 1.82) is 0 Å². The number of rotatable bonds is 7. The fourth-order valence-corrected chi connectivity index (χ4v) is 6.17. The number of hydrogen-bond acceptors (Lipinski definition) is 3. The minimum atomic E-state index is -1.18. The van der Waals surface area contributed by atoms with Gasteiger partial charge in [0.15, 0.2) is 0 Å². The van der Waals surface area contributed by atoms with Gasteiger partial charge in [-0.3, -0.25) is 4.79 Å². The highest BCUT2D eigenvalue weighted by Gasteiger charge is 2.21. The predicted octanol–water partition coefficient (Wildman–Crippen LogP) is 5.39. The molecule has 2 N–H and O–H groups in total. The molecular weight excluding hydrogens is 492 g/mol. The summed E-state index contributed by atoms with van der Waals surface area (Å²) in [6.45, 7) is 5.36. The molecule has 1 aliphatic heterocycles. The summed E-state index contributed by atoms with van der Waals surface area (Å²) in [5, 5.41) is 2.20. The number of carbonyl (C=O) groups excluding carboxylic acids is 1. The number of nitrogens with one attached hydrogen (secondary N) is 2. The number of alkyl halides is 1. The maximum atomic E-state index is 13.1. The van der Waals surface area contributed by atoms with E-state index in [1.807, 2.05) is 35.2 Å². The van der Waals surface area contributed by atoms with Crippen molar-refractivity contribution in [3.05, 3.63) is 65.7 Å². The van der Waals surface area contributed by atoms with Gasteiger partial charge in [-0.15, -0.1) is 11.6 Å². The summed E-state index contributed by atoms with van der Waals surface area (Å²) in [7, 11) is 0.910. The third kappa shape index (κ3) is 4.88. The number of nitrogens with zero attached hydrogens (tertiary/aromatic N) is 2. The largest absolute Gasteiger partial charge is 0.354 e. The van der Waals surface area contributed by atoms with Crippen molar-refractivity contribution in [2.24, 2.45) is 0 Å². The molecule has 1 aromatic heterocycles. The number of benzene rings is 3. The van der Waals surface area contributed by atoms with Crippen LogP contribution in [0.5, 0.6) is 0 Å². The Morgan fingerprint density at radius 1 is 1.03 bits per heavy atom. The molecule has 8 heteroatoms. The van der Waals surface area contributed by atoms with Gasteiger partial charge in [-0.2, -0.15) is 0 Å². The first kappa shape index (κ1) is 24.8. The number of halogens is 1. The third-order valence-electron chi connectivity index (χ3n) is 6.97. The van der Waals surface area contributed by atoms with E-state index in [0.29, 0.717) is 23.6 Å². The third-order valence-corrected chi connectivity index (χ3v) is 8.35. The average Bonchev–Trinajstić information content (AvgIpc) is 3.27. The molecule has 0 saturated carbocycles. The van der Waals surface area contributed by atoms with E-state index < -0.39 is 11.0 Å². The van der Waals surface area contributed by atoms with Gasteiger partial charge in [-0.25, -0.2) is 4.21 Å².